The van der Waals surface area contributed by atoms with Crippen molar-refractivity contribution in [3.63, 3.8) is 0 Å². The lowest BCUT2D eigenvalue weighted by atomic mass is 10.0. The van der Waals surface area contributed by atoms with Gasteiger partial charge in [-0.15, -0.1) is 0 Å². The predicted octanol–water partition coefficient (Wildman–Crippen LogP) is 3.24. The Morgan fingerprint density at radius 3 is 2.23 bits per heavy atom. The molecule has 0 aliphatic heterocycles. The number of rotatable bonds is 6. The maximum atomic E-state index is 12.7. The fourth-order valence-electron chi connectivity index (χ4n) is 1.50. The molecular weight excluding hydrogens is 323 g/mol. The number of halogens is 7. The predicted molar refractivity (Wildman–Crippen MR) is 61.6 cm³/mol. The van der Waals surface area contributed by atoms with Crippen LogP contribution in [-0.4, -0.2) is 29.9 Å². The molecule has 1 aromatic carbocycles. The Balaban J connectivity index is 2.84. The standard InChI is InChI=1S/C12H12F7NO2/c13-10(14)12(18,19)22-7-3-1-2-6(4-7)8(21)5-9(20)11(15,16)17/h1-4,8-10,21H,5,20H2/t8-,9+/m0/s1. The summed E-state index contributed by atoms with van der Waals surface area (Å²) < 4.78 is 90.0. The van der Waals surface area contributed by atoms with Gasteiger partial charge in [-0.25, -0.2) is 0 Å². The van der Waals surface area contributed by atoms with Gasteiger partial charge in [0.25, 0.3) is 0 Å². The van der Waals surface area contributed by atoms with Crippen LogP contribution in [0.4, 0.5) is 30.7 Å². The van der Waals surface area contributed by atoms with Crippen molar-refractivity contribution in [3.8, 4) is 5.75 Å². The van der Waals surface area contributed by atoms with E-state index in [1.807, 2.05) is 0 Å². The average Bonchev–Trinajstić information content (AvgIpc) is 2.37. The Hall–Kier alpha value is -1.55. The Morgan fingerprint density at radius 2 is 1.73 bits per heavy atom. The van der Waals surface area contributed by atoms with Crippen LogP contribution >= 0.6 is 0 Å². The van der Waals surface area contributed by atoms with Crippen molar-refractivity contribution in [1.82, 2.24) is 0 Å². The van der Waals surface area contributed by atoms with Crippen LogP contribution in [0.3, 0.4) is 0 Å². The van der Waals surface area contributed by atoms with E-state index in [1.54, 1.807) is 0 Å². The van der Waals surface area contributed by atoms with Gasteiger partial charge in [-0.2, -0.15) is 30.7 Å². The van der Waals surface area contributed by atoms with Crippen molar-refractivity contribution >= 4 is 0 Å². The molecule has 10 heteroatoms. The van der Waals surface area contributed by atoms with E-state index in [0.29, 0.717) is 0 Å². The molecule has 0 aliphatic carbocycles. The maximum Gasteiger partial charge on any atom is 0.461 e. The molecule has 0 radical (unpaired) electrons. The zero-order valence-electron chi connectivity index (χ0n) is 10.8. The molecular formula is C12H12F7NO2. The first kappa shape index (κ1) is 18.5. The maximum absolute atomic E-state index is 12.7. The summed E-state index contributed by atoms with van der Waals surface area (Å²) in [7, 11) is 0. The molecule has 0 amide bonds. The second-order valence-electron chi connectivity index (χ2n) is 4.44. The number of benzene rings is 1. The third-order valence-corrected chi connectivity index (χ3v) is 2.65. The minimum atomic E-state index is -4.76. The average molecular weight is 335 g/mol. The summed E-state index contributed by atoms with van der Waals surface area (Å²) in [6, 6.07) is 1.50. The molecule has 0 unspecified atom stereocenters. The normalized spacial score (nSPS) is 15.7. The van der Waals surface area contributed by atoms with Gasteiger partial charge in [0.15, 0.2) is 0 Å². The van der Waals surface area contributed by atoms with Crippen LogP contribution in [0.5, 0.6) is 5.75 Å². The van der Waals surface area contributed by atoms with Gasteiger partial charge >= 0.3 is 18.7 Å². The van der Waals surface area contributed by atoms with Gasteiger partial charge < -0.3 is 15.6 Å². The summed E-state index contributed by atoms with van der Waals surface area (Å²) in [5, 5.41) is 9.62. The molecule has 3 N–H and O–H groups in total. The highest BCUT2D eigenvalue weighted by atomic mass is 19.4. The highest BCUT2D eigenvalue weighted by Gasteiger charge is 2.44. The van der Waals surface area contributed by atoms with Crippen molar-refractivity contribution < 1.29 is 40.6 Å². The van der Waals surface area contributed by atoms with Crippen molar-refractivity contribution in [3.05, 3.63) is 29.8 Å². The molecule has 0 saturated heterocycles. The van der Waals surface area contributed by atoms with E-state index in [-0.39, 0.29) is 5.56 Å². The molecule has 0 spiro atoms. The van der Waals surface area contributed by atoms with Crippen LogP contribution in [0.2, 0.25) is 0 Å². The zero-order valence-corrected chi connectivity index (χ0v) is 10.8. The Morgan fingerprint density at radius 1 is 1.14 bits per heavy atom. The van der Waals surface area contributed by atoms with E-state index < -0.39 is 43.0 Å². The van der Waals surface area contributed by atoms with Crippen molar-refractivity contribution in [2.24, 2.45) is 5.73 Å². The number of hydrogen-bond acceptors (Lipinski definition) is 3. The van der Waals surface area contributed by atoms with E-state index >= 15 is 0 Å². The molecule has 22 heavy (non-hydrogen) atoms. The topological polar surface area (TPSA) is 55.5 Å². The Kier molecular flexibility index (Phi) is 5.63. The van der Waals surface area contributed by atoms with Gasteiger partial charge in [0, 0.05) is 6.42 Å². The molecule has 3 nitrogen and oxygen atoms in total. The SMILES string of the molecule is N[C@H](C[C@H](O)c1cccc(OC(F)(F)C(F)F)c1)C(F)(F)F. The highest BCUT2D eigenvalue weighted by molar-refractivity contribution is 5.30. The molecule has 2 atom stereocenters. The summed E-state index contributed by atoms with van der Waals surface area (Å²) in [6.45, 7) is 0. The van der Waals surface area contributed by atoms with Gasteiger partial charge in [-0.1, -0.05) is 12.1 Å². The fourth-order valence-corrected chi connectivity index (χ4v) is 1.50. The lowest BCUT2D eigenvalue weighted by Gasteiger charge is -2.20. The number of nitrogens with two attached hydrogens (primary N) is 1. The van der Waals surface area contributed by atoms with E-state index in [2.05, 4.69) is 4.74 Å². The lowest BCUT2D eigenvalue weighted by Crippen LogP contribution is -2.38. The first-order chi connectivity index (χ1) is 9.93. The first-order valence-electron chi connectivity index (χ1n) is 5.89. The minimum absolute atomic E-state index is 0.220. The summed E-state index contributed by atoms with van der Waals surface area (Å²) in [4.78, 5) is 0. The van der Waals surface area contributed by atoms with Crippen molar-refractivity contribution in [2.75, 3.05) is 0 Å². The summed E-state index contributed by atoms with van der Waals surface area (Å²) in [5.41, 5.74) is 4.61. The first-order valence-corrected chi connectivity index (χ1v) is 5.89. The zero-order chi connectivity index (χ0) is 17.1. The van der Waals surface area contributed by atoms with Gasteiger partial charge in [0.05, 0.1) is 6.10 Å². The van der Waals surface area contributed by atoms with Crippen LogP contribution in [0, 0.1) is 0 Å². The number of aliphatic hydroxyl groups excluding tert-OH is 1. The van der Waals surface area contributed by atoms with Crippen LogP contribution in [0.25, 0.3) is 0 Å². The van der Waals surface area contributed by atoms with Gasteiger partial charge in [-0.05, 0) is 17.7 Å². The molecule has 0 aliphatic rings. The molecule has 126 valence electrons. The third-order valence-electron chi connectivity index (χ3n) is 2.65. The minimum Gasteiger partial charge on any atom is -0.428 e. The van der Waals surface area contributed by atoms with E-state index in [9.17, 15) is 35.8 Å². The summed E-state index contributed by atoms with van der Waals surface area (Å²) >= 11 is 0. The highest BCUT2D eigenvalue weighted by Crippen LogP contribution is 2.31. The van der Waals surface area contributed by atoms with Gasteiger partial charge in [0.1, 0.15) is 11.8 Å². The van der Waals surface area contributed by atoms with Crippen LogP contribution in [-0.2, 0) is 0 Å². The molecule has 0 bridgehead atoms. The third kappa shape index (κ3) is 5.02. The smallest absolute Gasteiger partial charge is 0.428 e. The van der Waals surface area contributed by atoms with Crippen molar-refractivity contribution in [1.29, 1.82) is 0 Å². The molecule has 0 saturated carbocycles. The number of hydrogen-bond donors (Lipinski definition) is 2. The molecule has 0 heterocycles. The van der Waals surface area contributed by atoms with Gasteiger partial charge in [0.2, 0.25) is 0 Å². The largest absolute Gasteiger partial charge is 0.461 e. The number of aliphatic hydroxyl groups is 1. The van der Waals surface area contributed by atoms with E-state index in [0.717, 1.165) is 24.3 Å². The fraction of sp³-hybridized carbons (Fsp3) is 0.500. The Labute approximate surface area is 120 Å². The van der Waals surface area contributed by atoms with E-state index in [4.69, 9.17) is 5.73 Å². The lowest BCUT2D eigenvalue weighted by molar-refractivity contribution is -0.253. The second kappa shape index (κ2) is 6.69. The number of ether oxygens (including phenoxy) is 1. The monoisotopic (exact) mass is 335 g/mol. The quantitative estimate of drug-likeness (QED) is 0.785. The van der Waals surface area contributed by atoms with Crippen LogP contribution in [0.15, 0.2) is 24.3 Å². The van der Waals surface area contributed by atoms with Crippen molar-refractivity contribution in [2.45, 2.75) is 37.3 Å². The summed E-state index contributed by atoms with van der Waals surface area (Å²) in [6.07, 6.45) is -16.2. The van der Waals surface area contributed by atoms with E-state index in [1.165, 1.54) is 0 Å². The molecule has 0 aromatic heterocycles. The van der Waals surface area contributed by atoms with Crippen LogP contribution in [0.1, 0.15) is 18.1 Å². The molecule has 1 aromatic rings. The number of alkyl halides is 7. The van der Waals surface area contributed by atoms with Crippen LogP contribution < -0.4 is 10.5 Å². The second-order valence-corrected chi connectivity index (χ2v) is 4.44. The van der Waals surface area contributed by atoms with Gasteiger partial charge in [-0.3, -0.25) is 0 Å². The summed E-state index contributed by atoms with van der Waals surface area (Å²) in [5.74, 6) is -0.720. The molecule has 1 rings (SSSR count). The molecule has 0 fully saturated rings. The Bertz CT molecular complexity index is 493.